The zero-order chi connectivity index (χ0) is 17.0. The molecule has 0 saturated carbocycles. The molecule has 1 aromatic carbocycles. The molecule has 1 N–H and O–H groups in total. The van der Waals surface area contributed by atoms with E-state index in [1.165, 1.54) is 23.8 Å². The zero-order valence-electron chi connectivity index (χ0n) is 13.9. The number of fused-ring (bicyclic) bond motifs is 2. The summed E-state index contributed by atoms with van der Waals surface area (Å²) in [7, 11) is 1.80. The second-order valence-electron chi connectivity index (χ2n) is 6.67. The third-order valence-electron chi connectivity index (χ3n) is 4.89. The van der Waals surface area contributed by atoms with Crippen LogP contribution in [0.15, 0.2) is 30.7 Å². The van der Waals surface area contributed by atoms with Crippen molar-refractivity contribution in [1.82, 2.24) is 24.5 Å². The molecule has 4 heterocycles. The van der Waals surface area contributed by atoms with Crippen molar-refractivity contribution in [3.8, 4) is 11.3 Å². The van der Waals surface area contributed by atoms with Gasteiger partial charge in [0.1, 0.15) is 5.52 Å². The zero-order valence-corrected chi connectivity index (χ0v) is 14.7. The first-order valence-corrected chi connectivity index (χ1v) is 9.31. The van der Waals surface area contributed by atoms with Crippen LogP contribution >= 0.6 is 11.3 Å². The van der Waals surface area contributed by atoms with Gasteiger partial charge in [0, 0.05) is 41.5 Å². The maximum atomic E-state index is 14.3. The summed E-state index contributed by atoms with van der Waals surface area (Å²) in [4.78, 5) is 7.09. The van der Waals surface area contributed by atoms with Crippen molar-refractivity contribution in [2.24, 2.45) is 7.05 Å². The average Bonchev–Trinajstić information content (AvgIpc) is 3.27. The minimum atomic E-state index is -0.306. The van der Waals surface area contributed by atoms with Crippen LogP contribution in [0.4, 0.5) is 4.39 Å². The summed E-state index contributed by atoms with van der Waals surface area (Å²) in [5.41, 5.74) is 1.99. The molecule has 128 valence electrons. The number of rotatable bonds is 2. The van der Waals surface area contributed by atoms with Gasteiger partial charge in [0.2, 0.25) is 0 Å². The number of hydrogen-bond acceptors (Lipinski definition) is 4. The Balaban J connectivity index is 1.53. The van der Waals surface area contributed by atoms with Crippen molar-refractivity contribution in [2.45, 2.75) is 18.8 Å². The van der Waals surface area contributed by atoms with Gasteiger partial charge in [-0.15, -0.1) is 11.3 Å². The molecule has 5 rings (SSSR count). The lowest BCUT2D eigenvalue weighted by atomic mass is 9.97. The van der Waals surface area contributed by atoms with E-state index in [1.807, 2.05) is 18.5 Å². The molecule has 1 aliphatic heterocycles. The van der Waals surface area contributed by atoms with Gasteiger partial charge in [-0.3, -0.25) is 9.08 Å². The van der Waals surface area contributed by atoms with E-state index < -0.39 is 0 Å². The van der Waals surface area contributed by atoms with Crippen LogP contribution < -0.4 is 5.32 Å². The van der Waals surface area contributed by atoms with Gasteiger partial charge in [0.15, 0.2) is 10.8 Å². The van der Waals surface area contributed by atoms with Crippen molar-refractivity contribution < 1.29 is 4.39 Å². The Morgan fingerprint density at radius 1 is 1.20 bits per heavy atom. The number of nitrogens with zero attached hydrogens (tertiary/aromatic N) is 4. The normalized spacial score (nSPS) is 16.2. The summed E-state index contributed by atoms with van der Waals surface area (Å²) in [6.07, 6.45) is 8.37. The Labute approximate surface area is 148 Å². The third kappa shape index (κ3) is 2.54. The molecule has 0 bridgehead atoms. The Morgan fingerprint density at radius 3 is 2.84 bits per heavy atom. The SMILES string of the molecule is Cn1cc2cc(-c3cn4cc(C5CCNCC5)sc4n3)cc(F)c2n1. The van der Waals surface area contributed by atoms with Crippen LogP contribution in [-0.4, -0.2) is 32.3 Å². The first-order chi connectivity index (χ1) is 12.2. The van der Waals surface area contributed by atoms with E-state index in [2.05, 4.69) is 21.0 Å². The monoisotopic (exact) mass is 355 g/mol. The first kappa shape index (κ1) is 15.0. The average molecular weight is 355 g/mol. The molecule has 5 nitrogen and oxygen atoms in total. The molecule has 1 aliphatic rings. The highest BCUT2D eigenvalue weighted by atomic mass is 32.1. The van der Waals surface area contributed by atoms with Gasteiger partial charge in [0.05, 0.1) is 5.69 Å². The summed E-state index contributed by atoms with van der Waals surface area (Å²) in [6, 6.07) is 3.47. The van der Waals surface area contributed by atoms with Crippen molar-refractivity contribution in [3.05, 3.63) is 41.4 Å². The van der Waals surface area contributed by atoms with Crippen LogP contribution in [0, 0.1) is 5.82 Å². The molecule has 25 heavy (non-hydrogen) atoms. The molecule has 0 unspecified atom stereocenters. The Bertz CT molecular complexity index is 1040. The molecule has 7 heteroatoms. The number of thiazole rings is 1. The molecular weight excluding hydrogens is 337 g/mol. The lowest BCUT2D eigenvalue weighted by Gasteiger charge is -2.20. The molecule has 0 amide bonds. The fourth-order valence-corrected chi connectivity index (χ4v) is 4.74. The van der Waals surface area contributed by atoms with Crippen molar-refractivity contribution in [2.75, 3.05) is 13.1 Å². The number of imidazole rings is 1. The molecule has 1 fully saturated rings. The van der Waals surface area contributed by atoms with E-state index in [0.717, 1.165) is 34.7 Å². The predicted octanol–water partition coefficient (Wildman–Crippen LogP) is 3.56. The van der Waals surface area contributed by atoms with Gasteiger partial charge in [-0.25, -0.2) is 9.37 Å². The summed E-state index contributed by atoms with van der Waals surface area (Å²) in [5.74, 6) is 0.320. The number of benzene rings is 1. The third-order valence-corrected chi connectivity index (χ3v) is 6.05. The van der Waals surface area contributed by atoms with Gasteiger partial charge in [0.25, 0.3) is 0 Å². The molecule has 1 saturated heterocycles. The number of nitrogens with one attached hydrogen (secondary N) is 1. The summed E-state index contributed by atoms with van der Waals surface area (Å²) >= 11 is 1.75. The van der Waals surface area contributed by atoms with E-state index >= 15 is 0 Å². The van der Waals surface area contributed by atoms with Crippen molar-refractivity contribution in [3.63, 3.8) is 0 Å². The second kappa shape index (κ2) is 5.64. The van der Waals surface area contributed by atoms with E-state index in [1.54, 1.807) is 23.1 Å². The second-order valence-corrected chi connectivity index (χ2v) is 7.71. The smallest absolute Gasteiger partial charge is 0.194 e. The van der Waals surface area contributed by atoms with Gasteiger partial charge < -0.3 is 5.32 Å². The van der Waals surface area contributed by atoms with Crippen LogP contribution in [0.25, 0.3) is 27.1 Å². The fourth-order valence-electron chi connectivity index (χ4n) is 3.61. The van der Waals surface area contributed by atoms with Gasteiger partial charge in [-0.05, 0) is 44.0 Å². The van der Waals surface area contributed by atoms with Crippen molar-refractivity contribution >= 4 is 27.2 Å². The lowest BCUT2D eigenvalue weighted by Crippen LogP contribution is -2.26. The van der Waals surface area contributed by atoms with E-state index in [-0.39, 0.29) is 5.82 Å². The standard InChI is InChI=1S/C18H18FN5S/c1-23-8-13-6-12(7-14(19)17(13)22-23)15-9-24-10-16(25-18(24)21-15)11-2-4-20-5-3-11/h6-11,20H,2-5H2,1H3. The number of piperidine rings is 1. The minimum absolute atomic E-state index is 0.306. The highest BCUT2D eigenvalue weighted by Gasteiger charge is 2.19. The molecule has 4 aromatic rings. The van der Waals surface area contributed by atoms with Crippen LogP contribution in [-0.2, 0) is 7.05 Å². The van der Waals surface area contributed by atoms with Crippen LogP contribution in [0.3, 0.4) is 0 Å². The largest absolute Gasteiger partial charge is 0.317 e. The number of hydrogen-bond donors (Lipinski definition) is 1. The molecule has 0 radical (unpaired) electrons. The Morgan fingerprint density at radius 2 is 2.04 bits per heavy atom. The van der Waals surface area contributed by atoms with E-state index in [9.17, 15) is 4.39 Å². The Kier molecular flexibility index (Phi) is 3.39. The maximum absolute atomic E-state index is 14.3. The number of aryl methyl sites for hydroxylation is 1. The maximum Gasteiger partial charge on any atom is 0.194 e. The topological polar surface area (TPSA) is 47.1 Å². The number of aromatic nitrogens is 4. The Hall–Kier alpha value is -2.25. The molecule has 0 aliphatic carbocycles. The summed E-state index contributed by atoms with van der Waals surface area (Å²) in [5, 5.41) is 8.36. The molecule has 0 atom stereocenters. The molecule has 0 spiro atoms. The van der Waals surface area contributed by atoms with Gasteiger partial charge in [-0.1, -0.05) is 0 Å². The summed E-state index contributed by atoms with van der Waals surface area (Å²) in [6.45, 7) is 2.17. The lowest BCUT2D eigenvalue weighted by molar-refractivity contribution is 0.464. The fraction of sp³-hybridized carbons (Fsp3) is 0.333. The van der Waals surface area contributed by atoms with Crippen molar-refractivity contribution in [1.29, 1.82) is 0 Å². The quantitative estimate of drug-likeness (QED) is 0.598. The van der Waals surface area contributed by atoms with Crippen LogP contribution in [0.5, 0.6) is 0 Å². The minimum Gasteiger partial charge on any atom is -0.317 e. The molecule has 3 aromatic heterocycles. The van der Waals surface area contributed by atoms with Gasteiger partial charge >= 0.3 is 0 Å². The van der Waals surface area contributed by atoms with E-state index in [4.69, 9.17) is 4.98 Å². The van der Waals surface area contributed by atoms with Crippen LogP contribution in [0.2, 0.25) is 0 Å². The van der Waals surface area contributed by atoms with E-state index in [0.29, 0.717) is 11.4 Å². The molecular formula is C18H18FN5S. The van der Waals surface area contributed by atoms with Gasteiger partial charge in [-0.2, -0.15) is 5.10 Å². The predicted molar refractivity (Wildman–Crippen MR) is 97.6 cm³/mol. The highest BCUT2D eigenvalue weighted by Crippen LogP contribution is 2.33. The summed E-state index contributed by atoms with van der Waals surface area (Å²) < 4.78 is 18.0. The van der Waals surface area contributed by atoms with Crippen LogP contribution in [0.1, 0.15) is 23.6 Å². The first-order valence-electron chi connectivity index (χ1n) is 8.50. The highest BCUT2D eigenvalue weighted by molar-refractivity contribution is 7.17. The number of halogens is 1.